The molecule has 0 aliphatic rings. The van der Waals surface area contributed by atoms with Gasteiger partial charge in [0.15, 0.2) is 0 Å². The third-order valence-electron chi connectivity index (χ3n) is 4.86. The Labute approximate surface area is 179 Å². The average Bonchev–Trinajstić information content (AvgIpc) is 3.11. The molecule has 4 aromatic heterocycles. The van der Waals surface area contributed by atoms with Gasteiger partial charge in [-0.1, -0.05) is 6.07 Å². The molecule has 1 N–H and O–H groups in total. The molecule has 8 nitrogen and oxygen atoms in total. The van der Waals surface area contributed by atoms with Gasteiger partial charge in [0, 0.05) is 24.3 Å². The highest BCUT2D eigenvalue weighted by Crippen LogP contribution is 2.34. The summed E-state index contributed by atoms with van der Waals surface area (Å²) in [6.45, 7) is 8.67. The van der Waals surface area contributed by atoms with Gasteiger partial charge < -0.3 is 10.1 Å². The lowest BCUT2D eigenvalue weighted by atomic mass is 10.1. The van der Waals surface area contributed by atoms with Gasteiger partial charge in [-0.15, -0.1) is 5.10 Å². The van der Waals surface area contributed by atoms with Gasteiger partial charge >= 0.3 is 0 Å². The Kier molecular flexibility index (Phi) is 5.75. The number of fused-ring (bicyclic) bond motifs is 1. The van der Waals surface area contributed by atoms with Crippen molar-refractivity contribution >= 4 is 16.7 Å². The van der Waals surface area contributed by atoms with Gasteiger partial charge in [0.1, 0.15) is 11.0 Å². The molecule has 4 heterocycles. The maximum Gasteiger partial charge on any atom is 0.242 e. The lowest BCUT2D eigenvalue weighted by Gasteiger charge is -2.15. The van der Waals surface area contributed by atoms with Crippen molar-refractivity contribution < 1.29 is 9.13 Å². The van der Waals surface area contributed by atoms with Gasteiger partial charge in [0.2, 0.25) is 11.8 Å². The van der Waals surface area contributed by atoms with E-state index in [1.807, 2.05) is 30.7 Å². The Morgan fingerprint density at radius 1 is 1.23 bits per heavy atom. The van der Waals surface area contributed by atoms with Crippen LogP contribution in [0.2, 0.25) is 0 Å². The van der Waals surface area contributed by atoms with Crippen LogP contribution in [-0.2, 0) is 6.54 Å². The summed E-state index contributed by atoms with van der Waals surface area (Å²) in [5.74, 6) is -0.0824. The van der Waals surface area contributed by atoms with E-state index in [2.05, 4.69) is 39.4 Å². The number of aryl methyl sites for hydroxylation is 1. The Bertz CT molecular complexity index is 1220. The molecule has 0 unspecified atom stereocenters. The minimum absolute atomic E-state index is 0.126. The van der Waals surface area contributed by atoms with E-state index in [1.165, 1.54) is 6.20 Å². The summed E-state index contributed by atoms with van der Waals surface area (Å²) in [5.41, 5.74) is 5.09. The number of nitrogens with zero attached hydrogens (tertiary/aromatic N) is 6. The molecule has 0 bridgehead atoms. The predicted octanol–water partition coefficient (Wildman–Crippen LogP) is 4.32. The predicted molar refractivity (Wildman–Crippen MR) is 116 cm³/mol. The zero-order valence-electron chi connectivity index (χ0n) is 17.9. The van der Waals surface area contributed by atoms with Gasteiger partial charge in [-0.05, 0) is 45.9 Å². The first-order valence-corrected chi connectivity index (χ1v) is 10.2. The maximum absolute atomic E-state index is 14.1. The van der Waals surface area contributed by atoms with Crippen LogP contribution in [0.25, 0.3) is 22.3 Å². The molecule has 0 radical (unpaired) electrons. The number of halogens is 1. The molecule has 0 spiro atoms. The second-order valence-electron chi connectivity index (χ2n) is 7.37. The molecule has 4 rings (SSSR count). The second-order valence-corrected chi connectivity index (χ2v) is 7.37. The third kappa shape index (κ3) is 4.03. The summed E-state index contributed by atoms with van der Waals surface area (Å²) in [6, 6.07) is 7.28. The number of pyridine rings is 2. The first-order valence-electron chi connectivity index (χ1n) is 10.2. The first kappa shape index (κ1) is 20.6. The molecular weight excluding hydrogens is 397 g/mol. The lowest BCUT2D eigenvalue weighted by molar-refractivity contribution is 0.324. The van der Waals surface area contributed by atoms with Crippen molar-refractivity contribution in [3.8, 4) is 17.1 Å². The van der Waals surface area contributed by atoms with Crippen molar-refractivity contribution in [2.45, 2.75) is 40.3 Å². The Morgan fingerprint density at radius 2 is 2.06 bits per heavy atom. The Balaban J connectivity index is 1.87. The van der Waals surface area contributed by atoms with Crippen LogP contribution in [0.5, 0.6) is 5.88 Å². The molecule has 0 saturated heterocycles. The molecule has 0 aliphatic carbocycles. The highest BCUT2D eigenvalue weighted by atomic mass is 19.1. The standard InChI is InChI=1S/C22H24FN7O/c1-5-31-22-16(8-10-26-28-22)17-11-18(25-12-15-7-6-9-24-21(15)23)20-19(27-17)14(4)29-30(20)13(2)3/h6-11,13H,5,12H2,1-4H3,(H,25,27). The number of ether oxygens (including phenoxy) is 1. The van der Waals surface area contributed by atoms with Crippen LogP contribution in [0, 0.1) is 12.9 Å². The monoisotopic (exact) mass is 421 g/mol. The number of nitrogens with one attached hydrogen (secondary N) is 1. The van der Waals surface area contributed by atoms with Crippen molar-refractivity contribution in [1.29, 1.82) is 0 Å². The quantitative estimate of drug-likeness (QED) is 0.444. The number of anilines is 1. The molecule has 0 amide bonds. The van der Waals surface area contributed by atoms with Crippen molar-refractivity contribution in [3.05, 3.63) is 53.9 Å². The first-order chi connectivity index (χ1) is 15.0. The molecule has 0 atom stereocenters. The summed E-state index contributed by atoms with van der Waals surface area (Å²) in [5, 5.41) is 16.1. The molecule has 4 aromatic rings. The van der Waals surface area contributed by atoms with Crippen LogP contribution in [0.1, 0.15) is 38.1 Å². The van der Waals surface area contributed by atoms with E-state index in [-0.39, 0.29) is 12.6 Å². The minimum Gasteiger partial charge on any atom is -0.476 e. The topological polar surface area (TPSA) is 90.6 Å². The fourth-order valence-electron chi connectivity index (χ4n) is 3.43. The van der Waals surface area contributed by atoms with Crippen molar-refractivity contribution in [1.82, 2.24) is 29.9 Å². The van der Waals surface area contributed by atoms with Crippen LogP contribution in [0.15, 0.2) is 36.7 Å². The number of hydrogen-bond acceptors (Lipinski definition) is 7. The molecule has 9 heteroatoms. The SMILES string of the molecule is CCOc1nnccc1-c1cc(NCc2cccnc2F)c2c(n1)c(C)nn2C(C)C. The van der Waals surface area contributed by atoms with Gasteiger partial charge in [0.25, 0.3) is 0 Å². The molecular formula is C22H24FN7O. The third-order valence-corrected chi connectivity index (χ3v) is 4.86. The summed E-state index contributed by atoms with van der Waals surface area (Å²) in [7, 11) is 0. The van der Waals surface area contributed by atoms with Gasteiger partial charge in [0.05, 0.1) is 35.4 Å². The van der Waals surface area contributed by atoms with E-state index in [0.29, 0.717) is 23.7 Å². The number of hydrogen-bond donors (Lipinski definition) is 1. The van der Waals surface area contributed by atoms with Gasteiger partial charge in [-0.3, -0.25) is 4.68 Å². The lowest BCUT2D eigenvalue weighted by Crippen LogP contribution is -2.08. The van der Waals surface area contributed by atoms with E-state index < -0.39 is 5.95 Å². The minimum atomic E-state index is -0.494. The molecule has 0 fully saturated rings. The second kappa shape index (κ2) is 8.63. The Hall–Kier alpha value is -3.62. The molecule has 0 aliphatic heterocycles. The largest absolute Gasteiger partial charge is 0.476 e. The van der Waals surface area contributed by atoms with Gasteiger partial charge in [-0.25, -0.2) is 9.97 Å². The van der Waals surface area contributed by atoms with Crippen LogP contribution >= 0.6 is 0 Å². The van der Waals surface area contributed by atoms with E-state index in [4.69, 9.17) is 9.72 Å². The summed E-state index contributed by atoms with van der Waals surface area (Å²) < 4.78 is 21.7. The molecule has 31 heavy (non-hydrogen) atoms. The smallest absolute Gasteiger partial charge is 0.242 e. The van der Waals surface area contributed by atoms with Crippen molar-refractivity contribution in [3.63, 3.8) is 0 Å². The number of aromatic nitrogens is 6. The van der Waals surface area contributed by atoms with E-state index in [9.17, 15) is 4.39 Å². The van der Waals surface area contributed by atoms with Crippen molar-refractivity contribution in [2.75, 3.05) is 11.9 Å². The van der Waals surface area contributed by atoms with Crippen LogP contribution in [0.3, 0.4) is 0 Å². The Morgan fingerprint density at radius 3 is 2.81 bits per heavy atom. The fraction of sp³-hybridized carbons (Fsp3) is 0.318. The van der Waals surface area contributed by atoms with Crippen LogP contribution in [-0.4, -0.2) is 36.6 Å². The molecule has 0 aromatic carbocycles. The summed E-state index contributed by atoms with van der Waals surface area (Å²) in [6.07, 6.45) is 3.04. The summed E-state index contributed by atoms with van der Waals surface area (Å²) >= 11 is 0. The normalized spacial score (nSPS) is 11.3. The molecule has 160 valence electrons. The molecule has 0 saturated carbocycles. The fourth-order valence-corrected chi connectivity index (χ4v) is 3.43. The van der Waals surface area contributed by atoms with Crippen LogP contribution in [0.4, 0.5) is 10.1 Å². The van der Waals surface area contributed by atoms with Crippen LogP contribution < -0.4 is 10.1 Å². The summed E-state index contributed by atoms with van der Waals surface area (Å²) in [4.78, 5) is 8.60. The van der Waals surface area contributed by atoms with E-state index in [0.717, 1.165) is 28.0 Å². The maximum atomic E-state index is 14.1. The zero-order valence-corrected chi connectivity index (χ0v) is 17.9. The highest BCUT2D eigenvalue weighted by Gasteiger charge is 2.19. The van der Waals surface area contributed by atoms with E-state index >= 15 is 0 Å². The zero-order chi connectivity index (χ0) is 22.0. The highest BCUT2D eigenvalue weighted by molar-refractivity contribution is 5.93. The number of rotatable bonds is 7. The van der Waals surface area contributed by atoms with Gasteiger partial charge in [-0.2, -0.15) is 14.6 Å². The van der Waals surface area contributed by atoms with Crippen molar-refractivity contribution in [2.24, 2.45) is 0 Å². The van der Waals surface area contributed by atoms with E-state index in [1.54, 1.807) is 18.3 Å². The average molecular weight is 421 g/mol.